The van der Waals surface area contributed by atoms with Crippen molar-refractivity contribution in [3.8, 4) is 11.4 Å². The summed E-state index contributed by atoms with van der Waals surface area (Å²) in [5.74, 6) is 0.760. The van der Waals surface area contributed by atoms with Gasteiger partial charge in [-0.15, -0.1) is 0 Å². The van der Waals surface area contributed by atoms with Crippen molar-refractivity contribution < 1.29 is 17.7 Å². The molecule has 5 rings (SSSR count). The molecule has 1 amide bonds. The second-order valence-electron chi connectivity index (χ2n) is 8.22. The van der Waals surface area contributed by atoms with Crippen LogP contribution >= 0.6 is 0 Å². The monoisotopic (exact) mass is 401 g/mol. The molecule has 0 bridgehead atoms. The molecule has 2 saturated heterocycles. The molecule has 1 spiro atoms. The highest BCUT2D eigenvalue weighted by Gasteiger charge is 2.64. The number of nitrogens with zero attached hydrogens (tertiary/aromatic N) is 3. The van der Waals surface area contributed by atoms with Gasteiger partial charge in [0.15, 0.2) is 9.84 Å². The molecule has 2 aliphatic heterocycles. The molecule has 28 heavy (non-hydrogen) atoms. The van der Waals surface area contributed by atoms with Crippen molar-refractivity contribution in [3.05, 3.63) is 36.2 Å². The molecule has 1 aromatic heterocycles. The number of rotatable bonds is 3. The summed E-state index contributed by atoms with van der Waals surface area (Å²) < 4.78 is 30.3. The van der Waals surface area contributed by atoms with Crippen LogP contribution in [0, 0.1) is 5.92 Å². The Hall–Kier alpha value is -2.22. The zero-order valence-electron chi connectivity index (χ0n) is 15.6. The first-order valence-electron chi connectivity index (χ1n) is 9.90. The highest BCUT2D eigenvalue weighted by Crippen LogP contribution is 2.50. The van der Waals surface area contributed by atoms with Gasteiger partial charge in [-0.2, -0.15) is 4.98 Å². The molecule has 3 heterocycles. The van der Waals surface area contributed by atoms with Crippen molar-refractivity contribution in [3.63, 3.8) is 0 Å². The summed E-state index contributed by atoms with van der Waals surface area (Å²) in [5, 5.41) is 4.06. The topological polar surface area (TPSA) is 93.4 Å². The summed E-state index contributed by atoms with van der Waals surface area (Å²) in [4.78, 5) is 18.9. The van der Waals surface area contributed by atoms with Gasteiger partial charge in [-0.1, -0.05) is 48.3 Å². The van der Waals surface area contributed by atoms with E-state index in [9.17, 15) is 13.2 Å². The third-order valence-electron chi connectivity index (χ3n) is 6.63. The number of hydrogen-bond acceptors (Lipinski definition) is 6. The van der Waals surface area contributed by atoms with Gasteiger partial charge >= 0.3 is 0 Å². The quantitative estimate of drug-likeness (QED) is 0.784. The van der Waals surface area contributed by atoms with Crippen LogP contribution in [0.2, 0.25) is 0 Å². The fraction of sp³-hybridized carbons (Fsp3) is 0.550. The van der Waals surface area contributed by atoms with Gasteiger partial charge in [0.05, 0.1) is 11.7 Å². The molecule has 0 N–H and O–H groups in total. The van der Waals surface area contributed by atoms with Gasteiger partial charge in [-0.05, 0) is 19.3 Å². The smallest absolute Gasteiger partial charge is 0.231 e. The number of benzene rings is 1. The number of likely N-dealkylation sites (tertiary alicyclic amines) is 1. The predicted octanol–water partition coefficient (Wildman–Crippen LogP) is 2.41. The molecule has 1 aromatic carbocycles. The Morgan fingerprint density at radius 3 is 2.54 bits per heavy atom. The first-order chi connectivity index (χ1) is 13.5. The summed E-state index contributed by atoms with van der Waals surface area (Å²) in [6.07, 6.45) is 4.47. The van der Waals surface area contributed by atoms with Crippen molar-refractivity contribution in [2.45, 2.75) is 42.8 Å². The molecule has 3 fully saturated rings. The maximum Gasteiger partial charge on any atom is 0.231 e. The van der Waals surface area contributed by atoms with E-state index in [-0.39, 0.29) is 36.6 Å². The number of hydrogen-bond donors (Lipinski definition) is 0. The highest BCUT2D eigenvalue weighted by molar-refractivity contribution is 7.93. The normalized spacial score (nSPS) is 25.9. The van der Waals surface area contributed by atoms with Crippen LogP contribution in [0.3, 0.4) is 0 Å². The van der Waals surface area contributed by atoms with Gasteiger partial charge < -0.3 is 9.42 Å². The first kappa shape index (κ1) is 17.8. The third kappa shape index (κ3) is 2.61. The minimum absolute atomic E-state index is 0.0630. The van der Waals surface area contributed by atoms with E-state index in [0.717, 1.165) is 31.2 Å². The van der Waals surface area contributed by atoms with E-state index in [2.05, 4.69) is 10.1 Å². The maximum atomic E-state index is 12.9. The average Bonchev–Trinajstić information content (AvgIpc) is 3.39. The van der Waals surface area contributed by atoms with Crippen molar-refractivity contribution in [2.24, 2.45) is 5.92 Å². The lowest BCUT2D eigenvalue weighted by molar-refractivity contribution is -0.141. The zero-order chi connectivity index (χ0) is 19.4. The molecule has 1 saturated carbocycles. The standard InChI is InChI=1S/C20H23N3O4S/c24-19(15-8-4-5-9-15)23-12-20(13-23)16(10-11-28(20,25)26)18-21-17(22-27-18)14-6-2-1-3-7-14/h1-3,6-7,15-16H,4-5,8-13H2. The maximum absolute atomic E-state index is 12.9. The lowest BCUT2D eigenvalue weighted by Crippen LogP contribution is -2.68. The molecule has 8 heteroatoms. The Labute approximate surface area is 164 Å². The lowest BCUT2D eigenvalue weighted by Gasteiger charge is -2.49. The summed E-state index contributed by atoms with van der Waals surface area (Å²) in [6.45, 7) is 0.497. The molecule has 3 aliphatic rings. The van der Waals surface area contributed by atoms with Crippen LogP contribution in [0.4, 0.5) is 0 Å². The molecule has 2 aromatic rings. The van der Waals surface area contributed by atoms with Crippen molar-refractivity contribution in [1.29, 1.82) is 0 Å². The zero-order valence-corrected chi connectivity index (χ0v) is 16.4. The third-order valence-corrected chi connectivity index (χ3v) is 9.19. The minimum atomic E-state index is -3.31. The summed E-state index contributed by atoms with van der Waals surface area (Å²) in [7, 11) is -3.31. The van der Waals surface area contributed by atoms with Crippen LogP contribution in [0.5, 0.6) is 0 Å². The number of carbonyl (C=O) groups excluding carboxylic acids is 1. The van der Waals surface area contributed by atoms with E-state index in [4.69, 9.17) is 4.52 Å². The van der Waals surface area contributed by atoms with Crippen LogP contribution < -0.4 is 0 Å². The molecule has 1 unspecified atom stereocenters. The fourth-order valence-electron chi connectivity index (χ4n) is 4.99. The first-order valence-corrected chi connectivity index (χ1v) is 11.6. The Balaban J connectivity index is 1.40. The van der Waals surface area contributed by atoms with Gasteiger partial charge in [0.1, 0.15) is 4.75 Å². The van der Waals surface area contributed by atoms with Gasteiger partial charge in [0.25, 0.3) is 0 Å². The van der Waals surface area contributed by atoms with E-state index in [1.165, 1.54) is 0 Å². The molecular weight excluding hydrogens is 378 g/mol. The molecule has 0 radical (unpaired) electrons. The van der Waals surface area contributed by atoms with Crippen LogP contribution in [-0.2, 0) is 14.6 Å². The number of amides is 1. The van der Waals surface area contributed by atoms with Crippen LogP contribution in [-0.4, -0.2) is 53.0 Å². The predicted molar refractivity (Wildman–Crippen MR) is 102 cm³/mol. The van der Waals surface area contributed by atoms with Gasteiger partial charge in [-0.3, -0.25) is 4.79 Å². The van der Waals surface area contributed by atoms with E-state index in [1.54, 1.807) is 4.90 Å². The van der Waals surface area contributed by atoms with Gasteiger partial charge in [-0.25, -0.2) is 8.42 Å². The number of sulfone groups is 1. The Bertz CT molecular complexity index is 989. The second-order valence-corrected chi connectivity index (χ2v) is 10.7. The molecule has 1 atom stereocenters. The minimum Gasteiger partial charge on any atom is -0.339 e. The van der Waals surface area contributed by atoms with Gasteiger partial charge in [0, 0.05) is 24.6 Å². The van der Waals surface area contributed by atoms with Crippen LogP contribution in [0.1, 0.15) is 43.9 Å². The molecule has 7 nitrogen and oxygen atoms in total. The van der Waals surface area contributed by atoms with Gasteiger partial charge in [0.2, 0.25) is 17.6 Å². The second kappa shape index (κ2) is 6.40. The number of carbonyl (C=O) groups is 1. The molecule has 148 valence electrons. The fourth-order valence-corrected chi connectivity index (χ4v) is 7.30. The summed E-state index contributed by atoms with van der Waals surface area (Å²) in [5.41, 5.74) is 0.832. The van der Waals surface area contributed by atoms with Crippen molar-refractivity contribution >= 4 is 15.7 Å². The highest BCUT2D eigenvalue weighted by atomic mass is 32.2. The average molecular weight is 401 g/mol. The summed E-state index contributed by atoms with van der Waals surface area (Å²) >= 11 is 0. The van der Waals surface area contributed by atoms with E-state index in [1.807, 2.05) is 30.3 Å². The summed E-state index contributed by atoms with van der Waals surface area (Å²) in [6, 6.07) is 9.48. The number of aromatic nitrogens is 2. The van der Waals surface area contributed by atoms with Crippen LogP contribution in [0.25, 0.3) is 11.4 Å². The van der Waals surface area contributed by atoms with Crippen molar-refractivity contribution in [1.82, 2.24) is 15.0 Å². The Kier molecular flexibility index (Phi) is 4.08. The molecule has 1 aliphatic carbocycles. The Morgan fingerprint density at radius 1 is 1.11 bits per heavy atom. The Morgan fingerprint density at radius 2 is 1.82 bits per heavy atom. The molecular formula is C20H23N3O4S. The van der Waals surface area contributed by atoms with E-state index in [0.29, 0.717) is 18.1 Å². The SMILES string of the molecule is O=C(C1CCCC1)N1CC2(C1)C(c1nc(-c3ccccc3)no1)CCS2(=O)=O. The van der Waals surface area contributed by atoms with Crippen molar-refractivity contribution in [2.75, 3.05) is 18.8 Å². The van der Waals surface area contributed by atoms with E-state index < -0.39 is 14.6 Å². The largest absolute Gasteiger partial charge is 0.339 e. The lowest BCUT2D eigenvalue weighted by atomic mass is 9.82. The van der Waals surface area contributed by atoms with Crippen LogP contribution in [0.15, 0.2) is 34.9 Å². The van der Waals surface area contributed by atoms with E-state index >= 15 is 0 Å².